The van der Waals surface area contributed by atoms with Crippen LogP contribution < -0.4 is 5.32 Å². The first-order valence-corrected chi connectivity index (χ1v) is 7.43. The van der Waals surface area contributed by atoms with Crippen molar-refractivity contribution in [1.29, 1.82) is 0 Å². The monoisotopic (exact) mass is 285 g/mol. The third kappa shape index (κ3) is 5.36. The minimum atomic E-state index is -0.812. The molecule has 1 heterocycles. The molecular formula is C14H27N3O3. The van der Waals surface area contributed by atoms with E-state index in [1.54, 1.807) is 4.90 Å². The summed E-state index contributed by atoms with van der Waals surface area (Å²) in [6.07, 6.45) is 1.85. The summed E-state index contributed by atoms with van der Waals surface area (Å²) < 4.78 is 0. The number of urea groups is 1. The second-order valence-electron chi connectivity index (χ2n) is 5.63. The van der Waals surface area contributed by atoms with Crippen LogP contribution in [0, 0.1) is 5.92 Å². The molecule has 2 unspecified atom stereocenters. The summed E-state index contributed by atoms with van der Waals surface area (Å²) in [5.41, 5.74) is 0. The molecule has 1 aliphatic rings. The Morgan fingerprint density at radius 2 is 1.90 bits per heavy atom. The number of hydrogen-bond donors (Lipinski definition) is 2. The van der Waals surface area contributed by atoms with E-state index in [-0.39, 0.29) is 18.6 Å². The summed E-state index contributed by atoms with van der Waals surface area (Å²) in [5.74, 6) is -0.359. The molecule has 0 radical (unpaired) electrons. The molecule has 1 fully saturated rings. The highest BCUT2D eigenvalue weighted by Crippen LogP contribution is 2.08. The van der Waals surface area contributed by atoms with E-state index in [1.165, 1.54) is 0 Å². The number of carboxylic acid groups (broad SMARTS) is 1. The van der Waals surface area contributed by atoms with Gasteiger partial charge in [-0.25, -0.2) is 4.79 Å². The summed E-state index contributed by atoms with van der Waals surface area (Å²) in [6.45, 7) is 8.96. The molecule has 2 N–H and O–H groups in total. The number of amides is 2. The van der Waals surface area contributed by atoms with Crippen molar-refractivity contribution in [3.05, 3.63) is 0 Å². The first kappa shape index (κ1) is 16.8. The highest BCUT2D eigenvalue weighted by Gasteiger charge is 2.22. The molecule has 0 aromatic carbocycles. The van der Waals surface area contributed by atoms with E-state index < -0.39 is 5.97 Å². The van der Waals surface area contributed by atoms with Crippen molar-refractivity contribution in [3.63, 3.8) is 0 Å². The third-order valence-electron chi connectivity index (χ3n) is 4.08. The van der Waals surface area contributed by atoms with Gasteiger partial charge in [0.15, 0.2) is 0 Å². The van der Waals surface area contributed by atoms with Crippen molar-refractivity contribution in [3.8, 4) is 0 Å². The van der Waals surface area contributed by atoms with Crippen LogP contribution in [-0.2, 0) is 4.79 Å². The van der Waals surface area contributed by atoms with Crippen LogP contribution in [0.4, 0.5) is 4.79 Å². The maximum Gasteiger partial charge on any atom is 0.317 e. The molecule has 1 rings (SSSR count). The number of carboxylic acids is 1. The van der Waals surface area contributed by atoms with Crippen LogP contribution in [0.3, 0.4) is 0 Å². The van der Waals surface area contributed by atoms with Gasteiger partial charge in [0.1, 0.15) is 0 Å². The van der Waals surface area contributed by atoms with E-state index in [0.29, 0.717) is 25.6 Å². The normalized spacial score (nSPS) is 20.1. The molecule has 0 spiro atoms. The predicted molar refractivity (Wildman–Crippen MR) is 77.7 cm³/mol. The van der Waals surface area contributed by atoms with E-state index in [4.69, 9.17) is 5.11 Å². The lowest BCUT2D eigenvalue weighted by Crippen LogP contribution is -2.47. The standard InChI is InChI=1S/C14H27N3O3/c1-4-11(2)12(3)15-14(20)17-7-5-6-16(8-9-17)10-13(18)19/h11-12H,4-10H2,1-3H3,(H,15,20)(H,18,19). The van der Waals surface area contributed by atoms with Crippen molar-refractivity contribution in [2.45, 2.75) is 39.7 Å². The fourth-order valence-electron chi connectivity index (χ4n) is 2.31. The van der Waals surface area contributed by atoms with Crippen molar-refractivity contribution in [2.75, 3.05) is 32.7 Å². The van der Waals surface area contributed by atoms with Gasteiger partial charge in [0.05, 0.1) is 6.54 Å². The first-order chi connectivity index (χ1) is 9.43. The van der Waals surface area contributed by atoms with Crippen molar-refractivity contribution in [2.24, 2.45) is 5.92 Å². The summed E-state index contributed by atoms with van der Waals surface area (Å²) in [7, 11) is 0. The largest absolute Gasteiger partial charge is 0.480 e. The minimum Gasteiger partial charge on any atom is -0.480 e. The number of nitrogens with one attached hydrogen (secondary N) is 1. The second-order valence-corrected chi connectivity index (χ2v) is 5.63. The lowest BCUT2D eigenvalue weighted by Gasteiger charge is -2.26. The Balaban J connectivity index is 2.44. The number of rotatable bonds is 5. The molecule has 0 saturated carbocycles. The Labute approximate surface area is 121 Å². The highest BCUT2D eigenvalue weighted by molar-refractivity contribution is 5.74. The Morgan fingerprint density at radius 3 is 2.50 bits per heavy atom. The van der Waals surface area contributed by atoms with Crippen LogP contribution in [0.5, 0.6) is 0 Å². The third-order valence-corrected chi connectivity index (χ3v) is 4.08. The molecule has 0 aromatic heterocycles. The van der Waals surface area contributed by atoms with Gasteiger partial charge >= 0.3 is 12.0 Å². The van der Waals surface area contributed by atoms with Crippen LogP contribution in [0.25, 0.3) is 0 Å². The Bertz CT molecular complexity index is 336. The Kier molecular flexibility index (Phi) is 6.78. The maximum absolute atomic E-state index is 12.2. The number of carbonyl (C=O) groups excluding carboxylic acids is 1. The lowest BCUT2D eigenvalue weighted by molar-refractivity contribution is -0.138. The lowest BCUT2D eigenvalue weighted by atomic mass is 10.0. The van der Waals surface area contributed by atoms with E-state index in [0.717, 1.165) is 19.4 Å². The zero-order chi connectivity index (χ0) is 15.1. The fourth-order valence-corrected chi connectivity index (χ4v) is 2.31. The quantitative estimate of drug-likeness (QED) is 0.796. The molecule has 0 aliphatic carbocycles. The predicted octanol–water partition coefficient (Wildman–Crippen LogP) is 1.22. The topological polar surface area (TPSA) is 72.9 Å². The molecule has 2 amide bonds. The molecule has 116 valence electrons. The maximum atomic E-state index is 12.2. The molecule has 6 heteroatoms. The number of hydrogen-bond acceptors (Lipinski definition) is 3. The van der Waals surface area contributed by atoms with Crippen molar-refractivity contribution < 1.29 is 14.7 Å². The van der Waals surface area contributed by atoms with E-state index in [9.17, 15) is 9.59 Å². The fraction of sp³-hybridized carbons (Fsp3) is 0.857. The number of nitrogens with zero attached hydrogens (tertiary/aromatic N) is 2. The summed E-state index contributed by atoms with van der Waals surface area (Å²) in [6, 6.07) is 0.126. The number of carbonyl (C=O) groups is 2. The van der Waals surface area contributed by atoms with Gasteiger partial charge in [-0.15, -0.1) is 0 Å². The van der Waals surface area contributed by atoms with Gasteiger partial charge in [0, 0.05) is 32.2 Å². The van der Waals surface area contributed by atoms with Gasteiger partial charge in [0.25, 0.3) is 0 Å². The minimum absolute atomic E-state index is 0.0324. The van der Waals surface area contributed by atoms with Gasteiger partial charge in [-0.3, -0.25) is 9.69 Å². The molecular weight excluding hydrogens is 258 g/mol. The summed E-state index contributed by atoms with van der Waals surface area (Å²) >= 11 is 0. The van der Waals surface area contributed by atoms with Crippen molar-refractivity contribution in [1.82, 2.24) is 15.1 Å². The van der Waals surface area contributed by atoms with Gasteiger partial charge in [0.2, 0.25) is 0 Å². The van der Waals surface area contributed by atoms with Gasteiger partial charge in [-0.1, -0.05) is 20.3 Å². The first-order valence-electron chi connectivity index (χ1n) is 7.43. The average Bonchev–Trinajstić information content (AvgIpc) is 2.62. The summed E-state index contributed by atoms with van der Waals surface area (Å²) in [5, 5.41) is 11.8. The number of aliphatic carboxylic acids is 1. The highest BCUT2D eigenvalue weighted by atomic mass is 16.4. The van der Waals surface area contributed by atoms with Crippen LogP contribution >= 0.6 is 0 Å². The molecule has 0 aromatic rings. The van der Waals surface area contributed by atoms with Crippen LogP contribution in [0.2, 0.25) is 0 Å². The zero-order valence-corrected chi connectivity index (χ0v) is 12.8. The Hall–Kier alpha value is -1.30. The molecule has 1 aliphatic heterocycles. The van der Waals surface area contributed by atoms with Gasteiger partial charge in [-0.2, -0.15) is 0 Å². The van der Waals surface area contributed by atoms with Crippen LogP contribution in [0.1, 0.15) is 33.6 Å². The van der Waals surface area contributed by atoms with Crippen LogP contribution in [0.15, 0.2) is 0 Å². The average molecular weight is 285 g/mol. The van der Waals surface area contributed by atoms with Crippen LogP contribution in [-0.4, -0.2) is 65.7 Å². The molecule has 6 nitrogen and oxygen atoms in total. The molecule has 20 heavy (non-hydrogen) atoms. The smallest absolute Gasteiger partial charge is 0.317 e. The second kappa shape index (κ2) is 8.09. The molecule has 0 bridgehead atoms. The van der Waals surface area contributed by atoms with E-state index in [1.807, 2.05) is 11.8 Å². The zero-order valence-electron chi connectivity index (χ0n) is 12.8. The molecule has 2 atom stereocenters. The van der Waals surface area contributed by atoms with Crippen molar-refractivity contribution >= 4 is 12.0 Å². The van der Waals surface area contributed by atoms with Gasteiger partial charge in [-0.05, 0) is 19.3 Å². The molecule has 1 saturated heterocycles. The SMILES string of the molecule is CCC(C)C(C)NC(=O)N1CCCN(CC(=O)O)CC1. The van der Waals surface area contributed by atoms with E-state index in [2.05, 4.69) is 19.2 Å². The Morgan fingerprint density at radius 1 is 1.20 bits per heavy atom. The summed E-state index contributed by atoms with van der Waals surface area (Å²) in [4.78, 5) is 26.6. The van der Waals surface area contributed by atoms with E-state index >= 15 is 0 Å². The van der Waals surface area contributed by atoms with Gasteiger partial charge < -0.3 is 15.3 Å².